The van der Waals surface area contributed by atoms with Gasteiger partial charge in [0.15, 0.2) is 0 Å². The second kappa shape index (κ2) is 5.54. The second-order valence-corrected chi connectivity index (χ2v) is 8.22. The number of halogens is 1. The smallest absolute Gasteiger partial charge is 0.221 e. The lowest BCUT2D eigenvalue weighted by molar-refractivity contribution is 0.578. The third-order valence-corrected chi connectivity index (χ3v) is 5.80. The van der Waals surface area contributed by atoms with Gasteiger partial charge in [-0.1, -0.05) is 12.2 Å². The van der Waals surface area contributed by atoms with Crippen molar-refractivity contribution >= 4 is 54.5 Å². The van der Waals surface area contributed by atoms with Gasteiger partial charge in [-0.25, -0.2) is 13.1 Å². The summed E-state index contributed by atoms with van der Waals surface area (Å²) in [7, 11) is -3.47. The first-order valence-electron chi connectivity index (χ1n) is 4.35. The zero-order valence-corrected chi connectivity index (χ0v) is 12.5. The lowest BCUT2D eigenvalue weighted by atomic mass is 10.5. The SMILES string of the molecule is CC(C(N)=S)S(=O)(=O)NCc1ccc(Br)s1. The van der Waals surface area contributed by atoms with Gasteiger partial charge in [0, 0.05) is 11.4 Å². The lowest BCUT2D eigenvalue weighted by Gasteiger charge is -2.11. The van der Waals surface area contributed by atoms with Gasteiger partial charge in [-0.3, -0.25) is 0 Å². The van der Waals surface area contributed by atoms with Crippen LogP contribution in [0.5, 0.6) is 0 Å². The van der Waals surface area contributed by atoms with E-state index < -0.39 is 15.3 Å². The van der Waals surface area contributed by atoms with E-state index in [2.05, 4.69) is 32.9 Å². The van der Waals surface area contributed by atoms with Crippen molar-refractivity contribution in [2.75, 3.05) is 0 Å². The van der Waals surface area contributed by atoms with Crippen LogP contribution < -0.4 is 10.5 Å². The maximum atomic E-state index is 11.7. The van der Waals surface area contributed by atoms with Crippen molar-refractivity contribution < 1.29 is 8.42 Å². The van der Waals surface area contributed by atoms with Crippen LogP contribution in [0.1, 0.15) is 11.8 Å². The summed E-state index contributed by atoms with van der Waals surface area (Å²) in [5.41, 5.74) is 5.30. The predicted molar refractivity (Wildman–Crippen MR) is 74.0 cm³/mol. The zero-order valence-electron chi connectivity index (χ0n) is 8.44. The van der Waals surface area contributed by atoms with Gasteiger partial charge in [0.2, 0.25) is 10.0 Å². The van der Waals surface area contributed by atoms with Gasteiger partial charge >= 0.3 is 0 Å². The molecule has 0 aliphatic rings. The average molecular weight is 343 g/mol. The van der Waals surface area contributed by atoms with E-state index in [1.54, 1.807) is 0 Å². The largest absolute Gasteiger partial charge is 0.392 e. The monoisotopic (exact) mass is 342 g/mol. The molecule has 0 saturated heterocycles. The minimum atomic E-state index is -3.47. The van der Waals surface area contributed by atoms with E-state index in [0.29, 0.717) is 0 Å². The summed E-state index contributed by atoms with van der Waals surface area (Å²) in [6.07, 6.45) is 0. The first kappa shape index (κ1) is 14.0. The van der Waals surface area contributed by atoms with Crippen LogP contribution in [0.2, 0.25) is 0 Å². The molecule has 1 heterocycles. The molecule has 1 rings (SSSR count). The third kappa shape index (κ3) is 3.77. The van der Waals surface area contributed by atoms with E-state index in [1.807, 2.05) is 12.1 Å². The highest BCUT2D eigenvalue weighted by atomic mass is 79.9. The van der Waals surface area contributed by atoms with Gasteiger partial charge < -0.3 is 5.73 Å². The summed E-state index contributed by atoms with van der Waals surface area (Å²) in [4.78, 5) is 0.894. The number of hydrogen-bond donors (Lipinski definition) is 2. The number of hydrogen-bond acceptors (Lipinski definition) is 4. The lowest BCUT2D eigenvalue weighted by Crippen LogP contribution is -2.39. The van der Waals surface area contributed by atoms with Crippen molar-refractivity contribution in [1.29, 1.82) is 0 Å². The van der Waals surface area contributed by atoms with Crippen molar-refractivity contribution in [2.45, 2.75) is 18.7 Å². The molecule has 8 heteroatoms. The third-order valence-electron chi connectivity index (χ3n) is 1.94. The van der Waals surface area contributed by atoms with Crippen molar-refractivity contribution in [3.05, 3.63) is 20.8 Å². The van der Waals surface area contributed by atoms with Crippen molar-refractivity contribution in [3.8, 4) is 0 Å². The van der Waals surface area contributed by atoms with Gasteiger partial charge in [0.1, 0.15) is 5.25 Å². The molecule has 0 saturated carbocycles. The molecule has 0 aromatic carbocycles. The van der Waals surface area contributed by atoms with Crippen LogP contribution in [0.15, 0.2) is 15.9 Å². The minimum absolute atomic E-state index is 0.0279. The van der Waals surface area contributed by atoms with Crippen molar-refractivity contribution in [2.24, 2.45) is 5.73 Å². The highest BCUT2D eigenvalue weighted by Crippen LogP contribution is 2.22. The van der Waals surface area contributed by atoms with Crippen LogP contribution in [0.25, 0.3) is 0 Å². The normalized spacial score (nSPS) is 13.6. The standard InChI is InChI=1S/C8H11BrN2O2S3/c1-5(8(10)14)16(12,13)11-4-6-2-3-7(9)15-6/h2-3,5,11H,4H2,1H3,(H2,10,14). The maximum absolute atomic E-state index is 11.7. The molecule has 0 aliphatic carbocycles. The molecule has 1 atom stereocenters. The van der Waals surface area contributed by atoms with E-state index in [9.17, 15) is 8.42 Å². The quantitative estimate of drug-likeness (QED) is 0.797. The summed E-state index contributed by atoms with van der Waals surface area (Å²) in [5.74, 6) is 0. The summed E-state index contributed by atoms with van der Waals surface area (Å²) >= 11 is 9.43. The maximum Gasteiger partial charge on any atom is 0.221 e. The fraction of sp³-hybridized carbons (Fsp3) is 0.375. The summed E-state index contributed by atoms with van der Waals surface area (Å²) in [6, 6.07) is 3.72. The van der Waals surface area contributed by atoms with Crippen LogP contribution in [0.3, 0.4) is 0 Å². The summed E-state index contributed by atoms with van der Waals surface area (Å²) in [6.45, 7) is 1.72. The van der Waals surface area contributed by atoms with Crippen LogP contribution in [0.4, 0.5) is 0 Å². The molecule has 3 N–H and O–H groups in total. The fourth-order valence-electron chi connectivity index (χ4n) is 0.896. The number of sulfonamides is 1. The van der Waals surface area contributed by atoms with Crippen molar-refractivity contribution in [3.63, 3.8) is 0 Å². The van der Waals surface area contributed by atoms with Gasteiger partial charge in [-0.15, -0.1) is 11.3 Å². The Morgan fingerprint density at radius 1 is 1.69 bits per heavy atom. The van der Waals surface area contributed by atoms with E-state index in [0.717, 1.165) is 8.66 Å². The molecule has 0 radical (unpaired) electrons. The molecule has 1 aromatic rings. The van der Waals surface area contributed by atoms with Crippen LogP contribution >= 0.6 is 39.5 Å². The van der Waals surface area contributed by atoms with E-state index >= 15 is 0 Å². The Balaban J connectivity index is 2.65. The summed E-state index contributed by atoms with van der Waals surface area (Å²) < 4.78 is 26.8. The van der Waals surface area contributed by atoms with Gasteiger partial charge in [-0.05, 0) is 35.0 Å². The molecule has 1 aromatic heterocycles. The second-order valence-electron chi connectivity index (χ2n) is 3.12. The molecule has 16 heavy (non-hydrogen) atoms. The predicted octanol–water partition coefficient (Wildman–Crippen LogP) is 1.60. The van der Waals surface area contributed by atoms with Gasteiger partial charge in [-0.2, -0.15) is 0 Å². The van der Waals surface area contributed by atoms with Crippen molar-refractivity contribution in [1.82, 2.24) is 4.72 Å². The molecule has 0 bridgehead atoms. The fourth-order valence-corrected chi connectivity index (χ4v) is 3.70. The highest BCUT2D eigenvalue weighted by Gasteiger charge is 2.22. The molecule has 1 unspecified atom stereocenters. The Labute approximate surface area is 112 Å². The molecular weight excluding hydrogens is 332 g/mol. The Bertz CT molecular complexity index is 483. The minimum Gasteiger partial charge on any atom is -0.392 e. The molecule has 0 amide bonds. The molecule has 0 spiro atoms. The summed E-state index contributed by atoms with van der Waals surface area (Å²) in [5, 5.41) is -0.856. The zero-order chi connectivity index (χ0) is 12.3. The Hall–Kier alpha value is -0.0200. The molecule has 90 valence electrons. The van der Waals surface area contributed by atoms with E-state index in [-0.39, 0.29) is 11.5 Å². The number of nitrogens with two attached hydrogens (primary N) is 1. The number of thiophene rings is 1. The first-order valence-corrected chi connectivity index (χ1v) is 7.91. The Morgan fingerprint density at radius 3 is 2.75 bits per heavy atom. The van der Waals surface area contributed by atoms with Crippen LogP contribution in [-0.2, 0) is 16.6 Å². The van der Waals surface area contributed by atoms with E-state index in [1.165, 1.54) is 18.3 Å². The van der Waals surface area contributed by atoms with Gasteiger partial charge in [0.25, 0.3) is 0 Å². The van der Waals surface area contributed by atoms with Crippen LogP contribution in [-0.4, -0.2) is 18.7 Å². The number of rotatable bonds is 5. The number of thiocarbonyl (C=S) groups is 1. The van der Waals surface area contributed by atoms with Gasteiger partial charge in [0.05, 0.1) is 8.77 Å². The number of nitrogens with one attached hydrogen (secondary N) is 1. The van der Waals surface area contributed by atoms with E-state index in [4.69, 9.17) is 5.73 Å². The topological polar surface area (TPSA) is 72.2 Å². The molecule has 4 nitrogen and oxygen atoms in total. The Morgan fingerprint density at radius 2 is 2.31 bits per heavy atom. The van der Waals surface area contributed by atoms with Crippen LogP contribution in [0, 0.1) is 0 Å². The Kier molecular flexibility index (Phi) is 4.87. The molecule has 0 fully saturated rings. The molecular formula is C8H11BrN2O2S3. The molecule has 0 aliphatic heterocycles. The highest BCUT2D eigenvalue weighted by molar-refractivity contribution is 9.11. The average Bonchev–Trinajstić information content (AvgIpc) is 2.60. The first-order chi connectivity index (χ1) is 7.33.